The van der Waals surface area contributed by atoms with Gasteiger partial charge in [-0.05, 0) is 16.7 Å². The van der Waals surface area contributed by atoms with Crippen LogP contribution in [0.25, 0.3) is 0 Å². The molecular weight excluding hydrogens is 423 g/mol. The van der Waals surface area contributed by atoms with Crippen LogP contribution < -0.4 is 0 Å². The van der Waals surface area contributed by atoms with E-state index in [1.165, 1.54) is 0 Å². The van der Waals surface area contributed by atoms with Gasteiger partial charge in [0.05, 0.1) is 26.4 Å². The average Bonchev–Trinajstić information content (AvgIpc) is 2.86. The SMILES string of the molecule is OC1[C@@H](F)OC(COCc2ccccc2)[C@H](OCc2ccccc2)[C@H]1OCc1ccccc1. The molecule has 0 saturated carbocycles. The Hall–Kier alpha value is -2.61. The molecule has 5 atom stereocenters. The van der Waals surface area contributed by atoms with Crippen LogP contribution in [-0.2, 0) is 38.8 Å². The summed E-state index contributed by atoms with van der Waals surface area (Å²) in [5, 5.41) is 10.6. The number of rotatable bonds is 10. The molecule has 6 heteroatoms. The fourth-order valence-corrected chi connectivity index (χ4v) is 3.81. The molecule has 1 aliphatic heterocycles. The molecule has 0 bridgehead atoms. The molecule has 0 amide bonds. The molecule has 0 aromatic heterocycles. The maximum absolute atomic E-state index is 14.6. The van der Waals surface area contributed by atoms with E-state index < -0.39 is 30.8 Å². The molecule has 33 heavy (non-hydrogen) atoms. The number of aliphatic hydroxyl groups is 1. The molecule has 4 rings (SSSR count). The van der Waals surface area contributed by atoms with Crippen molar-refractivity contribution in [1.29, 1.82) is 0 Å². The lowest BCUT2D eigenvalue weighted by Crippen LogP contribution is -2.59. The van der Waals surface area contributed by atoms with Crippen LogP contribution in [0.4, 0.5) is 4.39 Å². The highest BCUT2D eigenvalue weighted by Gasteiger charge is 2.47. The van der Waals surface area contributed by atoms with Crippen molar-refractivity contribution in [2.24, 2.45) is 0 Å². The Balaban J connectivity index is 1.46. The lowest BCUT2D eigenvalue weighted by atomic mass is 9.98. The van der Waals surface area contributed by atoms with Gasteiger partial charge in [0.1, 0.15) is 24.4 Å². The normalized spacial score (nSPS) is 25.1. The van der Waals surface area contributed by atoms with Crippen LogP contribution in [0.5, 0.6) is 0 Å². The lowest BCUT2D eigenvalue weighted by Gasteiger charge is -2.42. The zero-order valence-corrected chi connectivity index (χ0v) is 18.3. The summed E-state index contributed by atoms with van der Waals surface area (Å²) >= 11 is 0. The topological polar surface area (TPSA) is 57.2 Å². The molecule has 3 aromatic carbocycles. The minimum absolute atomic E-state index is 0.104. The van der Waals surface area contributed by atoms with E-state index in [0.717, 1.165) is 16.7 Å². The minimum atomic E-state index is -1.90. The first-order valence-electron chi connectivity index (χ1n) is 11.1. The summed E-state index contributed by atoms with van der Waals surface area (Å²) in [5.74, 6) is 0. The van der Waals surface area contributed by atoms with Gasteiger partial charge in [0.15, 0.2) is 0 Å². The number of hydrogen-bond acceptors (Lipinski definition) is 5. The molecule has 0 radical (unpaired) electrons. The molecule has 0 aliphatic carbocycles. The van der Waals surface area contributed by atoms with Crippen LogP contribution in [-0.4, -0.2) is 42.5 Å². The largest absolute Gasteiger partial charge is 0.385 e. The van der Waals surface area contributed by atoms with Gasteiger partial charge >= 0.3 is 0 Å². The van der Waals surface area contributed by atoms with E-state index >= 15 is 0 Å². The Labute approximate surface area is 193 Å². The minimum Gasteiger partial charge on any atom is -0.385 e. The highest BCUT2D eigenvalue weighted by Crippen LogP contribution is 2.29. The lowest BCUT2D eigenvalue weighted by molar-refractivity contribution is -0.288. The number of hydrogen-bond donors (Lipinski definition) is 1. The zero-order valence-electron chi connectivity index (χ0n) is 18.3. The molecule has 1 saturated heterocycles. The third kappa shape index (κ3) is 6.69. The van der Waals surface area contributed by atoms with Gasteiger partial charge in [-0.25, -0.2) is 4.39 Å². The van der Waals surface area contributed by atoms with E-state index in [0.29, 0.717) is 6.61 Å². The van der Waals surface area contributed by atoms with E-state index in [-0.39, 0.29) is 19.8 Å². The van der Waals surface area contributed by atoms with Crippen LogP contribution in [0.2, 0.25) is 0 Å². The summed E-state index contributed by atoms with van der Waals surface area (Å²) in [4.78, 5) is 0. The predicted molar refractivity (Wildman–Crippen MR) is 122 cm³/mol. The van der Waals surface area contributed by atoms with Crippen molar-refractivity contribution in [2.75, 3.05) is 6.61 Å². The van der Waals surface area contributed by atoms with E-state index in [9.17, 15) is 9.50 Å². The second-order valence-electron chi connectivity index (χ2n) is 8.04. The smallest absolute Gasteiger partial charge is 0.228 e. The second kappa shape index (κ2) is 12.0. The van der Waals surface area contributed by atoms with Crippen LogP contribution in [0, 0.1) is 0 Å². The number of alkyl halides is 1. The Morgan fingerprint density at radius 2 is 1.12 bits per heavy atom. The quantitative estimate of drug-likeness (QED) is 0.493. The molecule has 1 fully saturated rings. The molecular formula is C27H29FO5. The first-order valence-corrected chi connectivity index (χ1v) is 11.1. The van der Waals surface area contributed by atoms with Crippen molar-refractivity contribution in [3.05, 3.63) is 108 Å². The number of aliphatic hydroxyl groups excluding tert-OH is 1. The molecule has 1 N–H and O–H groups in total. The Morgan fingerprint density at radius 1 is 0.667 bits per heavy atom. The molecule has 1 heterocycles. The summed E-state index contributed by atoms with van der Waals surface area (Å²) in [5.41, 5.74) is 2.88. The first kappa shape index (κ1) is 23.5. The van der Waals surface area contributed by atoms with E-state index in [2.05, 4.69) is 0 Å². The maximum atomic E-state index is 14.6. The summed E-state index contributed by atoms with van der Waals surface area (Å²) in [6.07, 6.45) is -5.74. The molecule has 174 valence electrons. The van der Waals surface area contributed by atoms with E-state index in [1.807, 2.05) is 91.0 Å². The van der Waals surface area contributed by atoms with E-state index in [4.69, 9.17) is 18.9 Å². The molecule has 3 aromatic rings. The summed E-state index contributed by atoms with van der Waals surface area (Å²) in [7, 11) is 0. The Kier molecular flexibility index (Phi) is 8.58. The number of halogens is 1. The van der Waals surface area contributed by atoms with Crippen LogP contribution in [0.15, 0.2) is 91.0 Å². The fraction of sp³-hybridized carbons (Fsp3) is 0.333. The van der Waals surface area contributed by atoms with Crippen molar-refractivity contribution in [1.82, 2.24) is 0 Å². The van der Waals surface area contributed by atoms with Crippen molar-refractivity contribution in [2.45, 2.75) is 50.6 Å². The molecule has 2 unspecified atom stereocenters. The highest BCUT2D eigenvalue weighted by atomic mass is 19.1. The van der Waals surface area contributed by atoms with Gasteiger partial charge in [0.25, 0.3) is 0 Å². The third-order valence-corrected chi connectivity index (χ3v) is 5.56. The van der Waals surface area contributed by atoms with Gasteiger partial charge in [-0.1, -0.05) is 91.0 Å². The predicted octanol–water partition coefficient (Wildman–Crippen LogP) is 4.43. The van der Waals surface area contributed by atoms with Crippen molar-refractivity contribution < 1.29 is 28.4 Å². The number of benzene rings is 3. The first-order chi connectivity index (χ1) is 16.2. The zero-order chi connectivity index (χ0) is 22.9. The van der Waals surface area contributed by atoms with Gasteiger partial charge in [-0.3, -0.25) is 0 Å². The monoisotopic (exact) mass is 452 g/mol. The molecule has 0 spiro atoms. The summed E-state index contributed by atoms with van der Waals surface area (Å²) < 4.78 is 38.1. The molecule has 1 aliphatic rings. The van der Waals surface area contributed by atoms with Crippen molar-refractivity contribution >= 4 is 0 Å². The van der Waals surface area contributed by atoms with Gasteiger partial charge < -0.3 is 24.1 Å². The van der Waals surface area contributed by atoms with Crippen molar-refractivity contribution in [3.63, 3.8) is 0 Å². The fourth-order valence-electron chi connectivity index (χ4n) is 3.81. The van der Waals surface area contributed by atoms with Crippen LogP contribution in [0.3, 0.4) is 0 Å². The number of ether oxygens (including phenoxy) is 4. The average molecular weight is 453 g/mol. The highest BCUT2D eigenvalue weighted by molar-refractivity contribution is 5.15. The summed E-state index contributed by atoms with van der Waals surface area (Å²) in [6, 6.07) is 28.9. The van der Waals surface area contributed by atoms with E-state index in [1.54, 1.807) is 0 Å². The van der Waals surface area contributed by atoms with Gasteiger partial charge in [0.2, 0.25) is 6.36 Å². The standard InChI is InChI=1S/C27H29FO5/c28-27-24(29)26(32-18-22-14-8-3-9-15-22)25(31-17-21-12-6-2-7-13-21)23(33-27)19-30-16-20-10-4-1-5-11-20/h1-15,23-27,29H,16-19H2/t23?,24?,25-,26-,27-/m0/s1. The van der Waals surface area contributed by atoms with Gasteiger partial charge in [0, 0.05) is 0 Å². The third-order valence-electron chi connectivity index (χ3n) is 5.56. The van der Waals surface area contributed by atoms with Crippen molar-refractivity contribution in [3.8, 4) is 0 Å². The van der Waals surface area contributed by atoms with Crippen LogP contribution >= 0.6 is 0 Å². The van der Waals surface area contributed by atoms with Crippen LogP contribution in [0.1, 0.15) is 16.7 Å². The Morgan fingerprint density at radius 3 is 1.64 bits per heavy atom. The maximum Gasteiger partial charge on any atom is 0.228 e. The van der Waals surface area contributed by atoms with Gasteiger partial charge in [-0.15, -0.1) is 0 Å². The molecule has 5 nitrogen and oxygen atoms in total. The Bertz CT molecular complexity index is 941. The summed E-state index contributed by atoms with van der Waals surface area (Å²) in [6.45, 7) is 0.963. The second-order valence-corrected chi connectivity index (χ2v) is 8.04. The van der Waals surface area contributed by atoms with Gasteiger partial charge in [-0.2, -0.15) is 0 Å².